The van der Waals surface area contributed by atoms with Gasteiger partial charge in [0.1, 0.15) is 5.01 Å². The van der Waals surface area contributed by atoms with Gasteiger partial charge in [0.25, 0.3) is 0 Å². The Balaban J connectivity index is 1.50. The minimum Gasteiger partial charge on any atom is -0.315 e. The van der Waals surface area contributed by atoms with Crippen LogP contribution in [0.25, 0.3) is 0 Å². The van der Waals surface area contributed by atoms with Crippen molar-refractivity contribution in [3.05, 3.63) is 16.1 Å². The summed E-state index contributed by atoms with van der Waals surface area (Å²) in [6.45, 7) is 14.9. The van der Waals surface area contributed by atoms with Crippen LogP contribution in [0.2, 0.25) is 0 Å². The summed E-state index contributed by atoms with van der Waals surface area (Å²) in [7, 11) is 0. The van der Waals surface area contributed by atoms with Crippen LogP contribution in [0.15, 0.2) is 5.38 Å². The molecular weight excluding hydrogens is 280 g/mol. The summed E-state index contributed by atoms with van der Waals surface area (Å²) in [5.74, 6) is 0. The van der Waals surface area contributed by atoms with Gasteiger partial charge in [-0.2, -0.15) is 0 Å². The van der Waals surface area contributed by atoms with Crippen molar-refractivity contribution < 1.29 is 0 Å². The maximum absolute atomic E-state index is 4.83. The van der Waals surface area contributed by atoms with Gasteiger partial charge in [0.05, 0.1) is 12.2 Å². The maximum Gasteiger partial charge on any atom is 0.107 e. The molecule has 21 heavy (non-hydrogen) atoms. The molecule has 1 N–H and O–H groups in total. The fourth-order valence-corrected chi connectivity index (χ4v) is 4.22. The summed E-state index contributed by atoms with van der Waals surface area (Å²) < 4.78 is 0. The summed E-state index contributed by atoms with van der Waals surface area (Å²) in [5.41, 5.74) is 1.40. The minimum absolute atomic E-state index is 0.170. The highest BCUT2D eigenvalue weighted by Crippen LogP contribution is 2.24. The van der Waals surface area contributed by atoms with E-state index in [-0.39, 0.29) is 5.41 Å². The Morgan fingerprint density at radius 2 is 2.05 bits per heavy atom. The zero-order chi connectivity index (χ0) is 14.9. The zero-order valence-corrected chi connectivity index (χ0v) is 14.4. The third-order valence-electron chi connectivity index (χ3n) is 4.64. The number of hydrogen-bond donors (Lipinski definition) is 1. The zero-order valence-electron chi connectivity index (χ0n) is 13.6. The molecule has 3 rings (SSSR count). The molecule has 2 saturated heterocycles. The highest BCUT2D eigenvalue weighted by atomic mass is 32.1. The topological polar surface area (TPSA) is 31.4 Å². The molecular formula is C16H28N4S. The summed E-state index contributed by atoms with van der Waals surface area (Å²) in [6.07, 6.45) is 1.32. The third-order valence-corrected chi connectivity index (χ3v) is 5.47. The molecule has 0 saturated carbocycles. The number of rotatable bonds is 3. The van der Waals surface area contributed by atoms with Crippen LogP contribution in [0.4, 0.5) is 0 Å². The molecule has 0 aliphatic carbocycles. The molecule has 2 fully saturated rings. The van der Waals surface area contributed by atoms with E-state index in [0.29, 0.717) is 0 Å². The third kappa shape index (κ3) is 3.83. The predicted octanol–water partition coefficient (Wildman–Crippen LogP) is 1.92. The van der Waals surface area contributed by atoms with Crippen molar-refractivity contribution in [2.75, 3.05) is 39.3 Å². The van der Waals surface area contributed by atoms with Crippen LogP contribution >= 0.6 is 11.3 Å². The van der Waals surface area contributed by atoms with Gasteiger partial charge in [-0.05, 0) is 13.0 Å². The van der Waals surface area contributed by atoms with Gasteiger partial charge in [-0.25, -0.2) is 4.98 Å². The number of nitrogens with zero attached hydrogens (tertiary/aromatic N) is 3. The van der Waals surface area contributed by atoms with Gasteiger partial charge in [-0.3, -0.25) is 9.80 Å². The number of thiazole rings is 1. The van der Waals surface area contributed by atoms with E-state index in [9.17, 15) is 0 Å². The van der Waals surface area contributed by atoms with Crippen LogP contribution in [-0.4, -0.2) is 60.1 Å². The van der Waals surface area contributed by atoms with Crippen molar-refractivity contribution >= 4 is 11.3 Å². The molecule has 0 radical (unpaired) electrons. The van der Waals surface area contributed by atoms with Crippen LogP contribution in [0.5, 0.6) is 0 Å². The van der Waals surface area contributed by atoms with Crippen LogP contribution < -0.4 is 5.32 Å². The minimum atomic E-state index is 0.170. The van der Waals surface area contributed by atoms with E-state index in [1.165, 1.54) is 56.4 Å². The number of aromatic nitrogens is 1. The van der Waals surface area contributed by atoms with Gasteiger partial charge in [-0.15, -0.1) is 11.3 Å². The van der Waals surface area contributed by atoms with Gasteiger partial charge < -0.3 is 5.32 Å². The van der Waals surface area contributed by atoms with Gasteiger partial charge in [0, 0.05) is 49.6 Å². The highest BCUT2D eigenvalue weighted by molar-refractivity contribution is 7.09. The van der Waals surface area contributed by atoms with Crippen LogP contribution in [0.1, 0.15) is 37.9 Å². The Labute approximate surface area is 132 Å². The number of nitrogens with one attached hydrogen (secondary N) is 1. The quantitative estimate of drug-likeness (QED) is 0.924. The predicted molar refractivity (Wildman–Crippen MR) is 88.9 cm³/mol. The lowest BCUT2D eigenvalue weighted by molar-refractivity contribution is 0.0980. The lowest BCUT2D eigenvalue weighted by Crippen LogP contribution is -2.50. The van der Waals surface area contributed by atoms with Crippen molar-refractivity contribution in [3.8, 4) is 0 Å². The van der Waals surface area contributed by atoms with Crippen molar-refractivity contribution in [2.45, 2.75) is 45.2 Å². The molecule has 0 aromatic carbocycles. The summed E-state index contributed by atoms with van der Waals surface area (Å²) in [5, 5.41) is 6.98. The normalized spacial score (nSPS) is 25.6. The molecule has 1 atom stereocenters. The molecule has 118 valence electrons. The Morgan fingerprint density at radius 1 is 1.29 bits per heavy atom. The molecule has 0 spiro atoms. The molecule has 2 aliphatic heterocycles. The van der Waals surface area contributed by atoms with Gasteiger partial charge in [0.2, 0.25) is 0 Å². The molecule has 0 amide bonds. The van der Waals surface area contributed by atoms with Gasteiger partial charge in [0.15, 0.2) is 0 Å². The average molecular weight is 308 g/mol. The summed E-state index contributed by atoms with van der Waals surface area (Å²) in [6, 6.07) is 0.777. The largest absolute Gasteiger partial charge is 0.315 e. The average Bonchev–Trinajstić information content (AvgIpc) is 3.09. The van der Waals surface area contributed by atoms with E-state index in [0.717, 1.165) is 12.6 Å². The van der Waals surface area contributed by atoms with Crippen LogP contribution in [0, 0.1) is 0 Å². The van der Waals surface area contributed by atoms with E-state index in [1.54, 1.807) is 0 Å². The maximum atomic E-state index is 4.83. The summed E-state index contributed by atoms with van der Waals surface area (Å²) >= 11 is 1.82. The Kier molecular flexibility index (Phi) is 4.64. The van der Waals surface area contributed by atoms with E-state index in [2.05, 4.69) is 41.3 Å². The Hall–Kier alpha value is -0.490. The van der Waals surface area contributed by atoms with E-state index < -0.39 is 0 Å². The van der Waals surface area contributed by atoms with E-state index in [1.807, 2.05) is 11.3 Å². The Morgan fingerprint density at radius 3 is 2.62 bits per heavy atom. The van der Waals surface area contributed by atoms with Crippen molar-refractivity contribution in [1.82, 2.24) is 20.1 Å². The monoisotopic (exact) mass is 308 g/mol. The molecule has 1 aromatic heterocycles. The molecule has 1 unspecified atom stereocenters. The highest BCUT2D eigenvalue weighted by Gasteiger charge is 2.26. The SMILES string of the molecule is CC(C)(C)c1csc(CN2CCN(C3CCNC3)CC2)n1. The summed E-state index contributed by atoms with van der Waals surface area (Å²) in [4.78, 5) is 10.1. The first kappa shape index (κ1) is 15.4. The second-order valence-corrected chi connectivity index (χ2v) is 8.28. The first-order chi connectivity index (χ1) is 10.0. The fourth-order valence-electron chi connectivity index (χ4n) is 3.16. The molecule has 0 bridgehead atoms. The van der Waals surface area contributed by atoms with Crippen molar-refractivity contribution in [3.63, 3.8) is 0 Å². The van der Waals surface area contributed by atoms with Crippen molar-refractivity contribution in [1.29, 1.82) is 0 Å². The number of hydrogen-bond acceptors (Lipinski definition) is 5. The number of piperazine rings is 1. The van der Waals surface area contributed by atoms with Gasteiger partial charge in [-0.1, -0.05) is 20.8 Å². The fraction of sp³-hybridized carbons (Fsp3) is 0.812. The molecule has 1 aromatic rings. The van der Waals surface area contributed by atoms with Crippen LogP contribution in [0.3, 0.4) is 0 Å². The smallest absolute Gasteiger partial charge is 0.107 e. The molecule has 4 nitrogen and oxygen atoms in total. The first-order valence-electron chi connectivity index (χ1n) is 8.14. The lowest BCUT2D eigenvalue weighted by atomic mass is 9.93. The van der Waals surface area contributed by atoms with Crippen LogP contribution in [-0.2, 0) is 12.0 Å². The van der Waals surface area contributed by atoms with E-state index in [4.69, 9.17) is 4.98 Å². The van der Waals surface area contributed by atoms with Crippen molar-refractivity contribution in [2.24, 2.45) is 0 Å². The van der Waals surface area contributed by atoms with Gasteiger partial charge >= 0.3 is 0 Å². The Bertz CT molecular complexity index is 451. The second-order valence-electron chi connectivity index (χ2n) is 7.34. The first-order valence-corrected chi connectivity index (χ1v) is 9.02. The molecule has 5 heteroatoms. The second kappa shape index (κ2) is 6.32. The standard InChI is InChI=1S/C16H28N4S/c1-16(2,3)14-12-21-15(18-14)11-19-6-8-20(9-7-19)13-4-5-17-10-13/h12-13,17H,4-11H2,1-3H3. The molecule has 2 aliphatic rings. The van der Waals surface area contributed by atoms with E-state index >= 15 is 0 Å². The molecule has 3 heterocycles. The lowest BCUT2D eigenvalue weighted by Gasteiger charge is -2.37.